The van der Waals surface area contributed by atoms with Crippen LogP contribution >= 0.6 is 11.6 Å². The lowest BCUT2D eigenvalue weighted by molar-refractivity contribution is -0.114. The van der Waals surface area contributed by atoms with Crippen molar-refractivity contribution >= 4 is 44.6 Å². The van der Waals surface area contributed by atoms with Gasteiger partial charge in [0.25, 0.3) is 5.91 Å². The average molecular weight is 369 g/mol. The highest BCUT2D eigenvalue weighted by molar-refractivity contribution is 7.90. The van der Waals surface area contributed by atoms with E-state index in [4.69, 9.17) is 11.6 Å². The van der Waals surface area contributed by atoms with E-state index in [0.29, 0.717) is 11.4 Å². The maximum atomic E-state index is 12.2. The van der Waals surface area contributed by atoms with Crippen molar-refractivity contribution in [3.63, 3.8) is 0 Å². The lowest BCUT2D eigenvalue weighted by Crippen LogP contribution is -2.17. The maximum absolute atomic E-state index is 12.2. The van der Waals surface area contributed by atoms with Crippen molar-refractivity contribution in [2.45, 2.75) is 12.1 Å². The monoisotopic (exact) mass is 368 g/mol. The molecule has 0 spiro atoms. The molecule has 1 aromatic carbocycles. The summed E-state index contributed by atoms with van der Waals surface area (Å²) < 4.78 is 22.9. The molecule has 2 N–H and O–H groups in total. The molecule has 0 radical (unpaired) electrons. The van der Waals surface area contributed by atoms with E-state index >= 15 is 0 Å². The number of rotatable bonds is 4. The van der Waals surface area contributed by atoms with E-state index in [1.807, 2.05) is 0 Å². The zero-order chi connectivity index (χ0) is 17.9. The van der Waals surface area contributed by atoms with Gasteiger partial charge in [-0.15, -0.1) is 0 Å². The van der Waals surface area contributed by atoms with Gasteiger partial charge in [0.05, 0.1) is 11.2 Å². The van der Waals surface area contributed by atoms with E-state index in [-0.39, 0.29) is 16.6 Å². The second kappa shape index (κ2) is 6.93. The number of hydrogen-bond acceptors (Lipinski definition) is 6. The molecule has 0 fully saturated rings. The van der Waals surface area contributed by atoms with Gasteiger partial charge < -0.3 is 10.6 Å². The van der Waals surface area contributed by atoms with Crippen LogP contribution in [0.1, 0.15) is 17.4 Å². The molecule has 2 rings (SSSR count). The van der Waals surface area contributed by atoms with Gasteiger partial charge in [0.2, 0.25) is 20.9 Å². The predicted octanol–water partition coefficient (Wildman–Crippen LogP) is 1.74. The van der Waals surface area contributed by atoms with Crippen molar-refractivity contribution in [3.8, 4) is 0 Å². The normalized spacial score (nSPS) is 11.0. The number of amides is 2. The Kier molecular flexibility index (Phi) is 5.15. The first-order chi connectivity index (χ1) is 11.2. The van der Waals surface area contributed by atoms with Gasteiger partial charge in [-0.05, 0) is 24.3 Å². The Morgan fingerprint density at radius 1 is 1.08 bits per heavy atom. The van der Waals surface area contributed by atoms with E-state index in [9.17, 15) is 18.0 Å². The molecule has 2 amide bonds. The second-order valence-electron chi connectivity index (χ2n) is 4.83. The molecule has 0 aliphatic carbocycles. The van der Waals surface area contributed by atoms with Crippen LogP contribution in [0.2, 0.25) is 5.02 Å². The number of hydrogen-bond donors (Lipinski definition) is 2. The molecule has 10 heteroatoms. The molecule has 1 heterocycles. The van der Waals surface area contributed by atoms with E-state index in [0.717, 1.165) is 12.5 Å². The molecule has 8 nitrogen and oxygen atoms in total. The number of benzene rings is 1. The number of carbonyl (C=O) groups excluding carboxylic acids is 2. The Balaban J connectivity index is 2.22. The topological polar surface area (TPSA) is 118 Å². The Morgan fingerprint density at radius 2 is 1.62 bits per heavy atom. The zero-order valence-electron chi connectivity index (χ0n) is 12.7. The number of nitrogens with one attached hydrogen (secondary N) is 2. The van der Waals surface area contributed by atoms with Gasteiger partial charge in [0.1, 0.15) is 0 Å². The fourth-order valence-corrected chi connectivity index (χ4v) is 2.40. The van der Waals surface area contributed by atoms with E-state index < -0.39 is 20.9 Å². The fraction of sp³-hybridized carbons (Fsp3) is 0.143. The first kappa shape index (κ1) is 17.8. The first-order valence-corrected chi connectivity index (χ1v) is 8.85. The van der Waals surface area contributed by atoms with E-state index in [1.165, 1.54) is 6.92 Å². The van der Waals surface area contributed by atoms with Gasteiger partial charge in [-0.25, -0.2) is 18.4 Å². The molecule has 0 atom stereocenters. The van der Waals surface area contributed by atoms with Crippen LogP contribution in [0.4, 0.5) is 11.4 Å². The minimum absolute atomic E-state index is 0.0743. The quantitative estimate of drug-likeness (QED) is 0.793. The first-order valence-electron chi connectivity index (χ1n) is 6.58. The lowest BCUT2D eigenvalue weighted by atomic mass is 10.2. The van der Waals surface area contributed by atoms with E-state index in [1.54, 1.807) is 24.3 Å². The summed E-state index contributed by atoms with van der Waals surface area (Å²) in [6.07, 6.45) is 1.98. The van der Waals surface area contributed by atoms with Crippen LogP contribution in [0, 0.1) is 0 Å². The highest BCUT2D eigenvalue weighted by Gasteiger charge is 2.19. The predicted molar refractivity (Wildman–Crippen MR) is 88.9 cm³/mol. The smallest absolute Gasteiger partial charge is 0.275 e. The van der Waals surface area contributed by atoms with Crippen LogP contribution in [-0.2, 0) is 14.6 Å². The fourth-order valence-electron chi connectivity index (χ4n) is 1.72. The van der Waals surface area contributed by atoms with Gasteiger partial charge in [0.15, 0.2) is 5.69 Å². The summed E-state index contributed by atoms with van der Waals surface area (Å²) in [7, 11) is -3.67. The third-order valence-corrected chi connectivity index (χ3v) is 3.87. The summed E-state index contributed by atoms with van der Waals surface area (Å²) in [5.74, 6) is -0.896. The van der Waals surface area contributed by atoms with Crippen LogP contribution in [0.15, 0.2) is 35.6 Å². The Morgan fingerprint density at radius 3 is 2.12 bits per heavy atom. The molecule has 0 saturated carbocycles. The number of nitrogens with zero attached hydrogens (tertiary/aromatic N) is 2. The SMILES string of the molecule is CC(=O)Nc1ccc(NC(=O)c2nc(S(C)(=O)=O)ncc2Cl)cc1. The molecular weight excluding hydrogens is 356 g/mol. The van der Waals surface area contributed by atoms with Crippen molar-refractivity contribution in [2.24, 2.45) is 0 Å². The molecule has 24 heavy (non-hydrogen) atoms. The van der Waals surface area contributed by atoms with Gasteiger partial charge in [-0.3, -0.25) is 9.59 Å². The number of carbonyl (C=O) groups is 2. The molecule has 0 aliphatic heterocycles. The highest BCUT2D eigenvalue weighted by Crippen LogP contribution is 2.18. The summed E-state index contributed by atoms with van der Waals surface area (Å²) in [6, 6.07) is 6.33. The Hall–Kier alpha value is -2.52. The number of halogens is 1. The third kappa shape index (κ3) is 4.49. The standard InChI is InChI=1S/C14H13ClN4O4S/c1-8(20)17-9-3-5-10(6-4-9)18-13(21)12-11(15)7-16-14(19-12)24(2,22)23/h3-7H,1-2H3,(H,17,20)(H,18,21). The molecule has 1 aromatic heterocycles. The summed E-state index contributed by atoms with van der Waals surface area (Å²) in [6.45, 7) is 1.38. The van der Waals surface area contributed by atoms with Crippen LogP contribution in [0.25, 0.3) is 0 Å². The van der Waals surface area contributed by atoms with Crippen LogP contribution in [0.3, 0.4) is 0 Å². The minimum Gasteiger partial charge on any atom is -0.326 e. The number of anilines is 2. The average Bonchev–Trinajstić information content (AvgIpc) is 2.48. The summed E-state index contributed by atoms with van der Waals surface area (Å²) in [4.78, 5) is 30.5. The van der Waals surface area contributed by atoms with Crippen molar-refractivity contribution in [2.75, 3.05) is 16.9 Å². The van der Waals surface area contributed by atoms with Crippen LogP contribution in [-0.4, -0.2) is 36.5 Å². The van der Waals surface area contributed by atoms with Crippen molar-refractivity contribution in [1.29, 1.82) is 0 Å². The van der Waals surface area contributed by atoms with Crippen molar-refractivity contribution < 1.29 is 18.0 Å². The Labute approximate surface area is 143 Å². The molecule has 2 aromatic rings. The summed E-state index contributed by atoms with van der Waals surface area (Å²) >= 11 is 5.86. The number of aromatic nitrogens is 2. The second-order valence-corrected chi connectivity index (χ2v) is 7.15. The van der Waals surface area contributed by atoms with Gasteiger partial charge in [0, 0.05) is 24.6 Å². The highest BCUT2D eigenvalue weighted by atomic mass is 35.5. The summed E-state index contributed by atoms with van der Waals surface area (Å²) in [5, 5.41) is 4.56. The maximum Gasteiger partial charge on any atom is 0.275 e. The van der Waals surface area contributed by atoms with Crippen LogP contribution in [0.5, 0.6) is 0 Å². The minimum atomic E-state index is -3.67. The zero-order valence-corrected chi connectivity index (χ0v) is 14.3. The largest absolute Gasteiger partial charge is 0.326 e. The molecule has 126 valence electrons. The molecule has 0 aliphatic rings. The van der Waals surface area contributed by atoms with E-state index in [2.05, 4.69) is 20.6 Å². The third-order valence-electron chi connectivity index (χ3n) is 2.73. The van der Waals surface area contributed by atoms with Gasteiger partial charge in [-0.1, -0.05) is 11.6 Å². The van der Waals surface area contributed by atoms with Crippen LogP contribution < -0.4 is 10.6 Å². The molecule has 0 unspecified atom stereocenters. The summed E-state index contributed by atoms with van der Waals surface area (Å²) in [5.41, 5.74) is 0.739. The molecule has 0 bridgehead atoms. The van der Waals surface area contributed by atoms with Crippen molar-refractivity contribution in [3.05, 3.63) is 41.2 Å². The number of sulfone groups is 1. The lowest BCUT2D eigenvalue weighted by Gasteiger charge is -2.08. The van der Waals surface area contributed by atoms with Gasteiger partial charge in [-0.2, -0.15) is 0 Å². The Bertz CT molecular complexity index is 897. The molecule has 0 saturated heterocycles. The van der Waals surface area contributed by atoms with Crippen molar-refractivity contribution in [1.82, 2.24) is 9.97 Å². The van der Waals surface area contributed by atoms with Gasteiger partial charge >= 0.3 is 0 Å². The molecular formula is C14H13ClN4O4S.